The first kappa shape index (κ1) is 33.1. The van der Waals surface area contributed by atoms with Crippen LogP contribution in [0.5, 0.6) is 5.75 Å². The molecule has 0 heterocycles. The van der Waals surface area contributed by atoms with Crippen LogP contribution in [-0.2, 0) is 41.5 Å². The number of Topliss-reactive ketones (excluding diaryl/α,β-unsaturated/α-hetero) is 5. The van der Waals surface area contributed by atoms with Crippen molar-refractivity contribution in [2.75, 3.05) is 14.2 Å². The lowest BCUT2D eigenvalue weighted by molar-refractivity contribution is -0.205. The van der Waals surface area contributed by atoms with Crippen molar-refractivity contribution in [3.8, 4) is 5.75 Å². The van der Waals surface area contributed by atoms with Crippen LogP contribution < -0.4 is 0 Å². The highest BCUT2D eigenvalue weighted by atomic mass is 16.7. The number of carbonyl (C=O) groups is 5. The van der Waals surface area contributed by atoms with Gasteiger partial charge in [0.05, 0.1) is 11.5 Å². The molecule has 4 rings (SSSR count). The molecule has 3 aliphatic rings. The first-order valence-corrected chi connectivity index (χ1v) is 15.2. The van der Waals surface area contributed by atoms with E-state index >= 15 is 0 Å². The maximum absolute atomic E-state index is 14.5. The topological polar surface area (TPSA) is 144 Å². The summed E-state index contributed by atoms with van der Waals surface area (Å²) in [5, 5.41) is 23.7. The number of benzene rings is 1. The van der Waals surface area contributed by atoms with Crippen LogP contribution in [0.2, 0.25) is 0 Å². The number of ketones is 5. The summed E-state index contributed by atoms with van der Waals surface area (Å²) in [6.07, 6.45) is 1.48. The largest absolute Gasteiger partial charge is 0.507 e. The number of ether oxygens (including phenoxy) is 2. The van der Waals surface area contributed by atoms with Gasteiger partial charge in [0.15, 0.2) is 35.0 Å². The van der Waals surface area contributed by atoms with Gasteiger partial charge in [-0.2, -0.15) is 0 Å². The minimum absolute atomic E-state index is 0.00358. The smallest absolute Gasteiger partial charge is 0.190 e. The van der Waals surface area contributed by atoms with Gasteiger partial charge >= 0.3 is 0 Å². The Morgan fingerprint density at radius 3 is 2.16 bits per heavy atom. The monoisotopic (exact) mass is 598 g/mol. The van der Waals surface area contributed by atoms with Crippen molar-refractivity contribution >= 4 is 28.9 Å². The van der Waals surface area contributed by atoms with Crippen molar-refractivity contribution in [2.24, 2.45) is 34.5 Å². The number of phenols is 1. The van der Waals surface area contributed by atoms with Gasteiger partial charge in [0.2, 0.25) is 0 Å². The van der Waals surface area contributed by atoms with Crippen LogP contribution in [0.3, 0.4) is 0 Å². The Morgan fingerprint density at radius 1 is 1.05 bits per heavy atom. The minimum atomic E-state index is -2.70. The van der Waals surface area contributed by atoms with Crippen LogP contribution >= 0.6 is 0 Å². The van der Waals surface area contributed by atoms with E-state index in [-0.39, 0.29) is 36.0 Å². The van der Waals surface area contributed by atoms with E-state index in [1.807, 2.05) is 19.9 Å². The van der Waals surface area contributed by atoms with E-state index < -0.39 is 69.4 Å². The maximum atomic E-state index is 14.5. The number of aromatic hydroxyl groups is 1. The molecule has 6 atom stereocenters. The molecule has 3 unspecified atom stereocenters. The highest BCUT2D eigenvalue weighted by Gasteiger charge is 2.76. The molecule has 0 amide bonds. The van der Waals surface area contributed by atoms with Crippen molar-refractivity contribution in [2.45, 2.75) is 98.4 Å². The van der Waals surface area contributed by atoms with E-state index in [9.17, 15) is 34.2 Å². The number of rotatable bonds is 9. The standard InChI is InChI=1S/C34H46O9/c1-16(2)20-13-19(11-10-12-22(42-8)43-9)27(36)24-21(20)14-32(6)15-33(7)25(17(3)4)28(37)23(18(5)35)30(39)34(33,41)31(40)26(32)29(24)38/h13,16-17,22-23,25-26,36,41H,10-12,14-15H2,1-9H3/t23?,25?,26?,32-,33-,34+/m1/s1. The Hall–Kier alpha value is -2.75. The Bertz CT molecular complexity index is 1370. The van der Waals surface area contributed by atoms with E-state index in [0.717, 1.165) is 12.5 Å². The third-order valence-corrected chi connectivity index (χ3v) is 10.5. The van der Waals surface area contributed by atoms with Crippen molar-refractivity contribution in [3.05, 3.63) is 28.3 Å². The van der Waals surface area contributed by atoms with E-state index in [1.54, 1.807) is 41.9 Å². The van der Waals surface area contributed by atoms with Gasteiger partial charge in [-0.25, -0.2) is 0 Å². The molecular formula is C34H46O9. The maximum Gasteiger partial charge on any atom is 0.190 e. The van der Waals surface area contributed by atoms with Gasteiger partial charge in [0.25, 0.3) is 0 Å². The van der Waals surface area contributed by atoms with Crippen LogP contribution in [0.1, 0.15) is 101 Å². The van der Waals surface area contributed by atoms with Gasteiger partial charge in [0, 0.05) is 25.6 Å². The Kier molecular flexibility index (Phi) is 8.72. The summed E-state index contributed by atoms with van der Waals surface area (Å²) in [5.41, 5.74) is -3.11. The summed E-state index contributed by atoms with van der Waals surface area (Å²) < 4.78 is 10.5. The zero-order valence-corrected chi connectivity index (χ0v) is 26.8. The highest BCUT2D eigenvalue weighted by molar-refractivity contribution is 6.32. The molecule has 0 bridgehead atoms. The molecule has 3 aliphatic carbocycles. The number of hydrogen-bond donors (Lipinski definition) is 2. The lowest BCUT2D eigenvalue weighted by Crippen LogP contribution is -2.76. The second-order valence-electron chi connectivity index (χ2n) is 14.1. The average molecular weight is 599 g/mol. The molecule has 9 nitrogen and oxygen atoms in total. The molecule has 2 fully saturated rings. The van der Waals surface area contributed by atoms with Gasteiger partial charge in [-0.3, -0.25) is 24.0 Å². The number of phenolic OH excluding ortho intramolecular Hbond substituents is 1. The third-order valence-electron chi connectivity index (χ3n) is 10.5. The normalized spacial score (nSPS) is 32.3. The number of aryl methyl sites for hydroxylation is 1. The molecule has 236 valence electrons. The number of methoxy groups -OCH3 is 2. The predicted molar refractivity (Wildman–Crippen MR) is 158 cm³/mol. The molecule has 1 aromatic rings. The molecule has 43 heavy (non-hydrogen) atoms. The molecule has 0 spiro atoms. The van der Waals surface area contributed by atoms with E-state index in [1.165, 1.54) is 0 Å². The number of aliphatic hydroxyl groups is 1. The fraction of sp³-hybridized carbons (Fsp3) is 0.676. The van der Waals surface area contributed by atoms with Crippen LogP contribution in [-0.4, -0.2) is 65.2 Å². The zero-order chi connectivity index (χ0) is 32.4. The van der Waals surface area contributed by atoms with Crippen molar-refractivity contribution < 1.29 is 43.7 Å². The molecule has 0 radical (unpaired) electrons. The number of fused-ring (bicyclic) bond motifs is 3. The van der Waals surface area contributed by atoms with Crippen molar-refractivity contribution in [3.63, 3.8) is 0 Å². The van der Waals surface area contributed by atoms with E-state index in [0.29, 0.717) is 30.4 Å². The fourth-order valence-electron chi connectivity index (χ4n) is 8.79. The fourth-order valence-corrected chi connectivity index (χ4v) is 8.79. The Morgan fingerprint density at radius 2 is 1.65 bits per heavy atom. The highest BCUT2D eigenvalue weighted by Crippen LogP contribution is 2.64. The van der Waals surface area contributed by atoms with Crippen LogP contribution in [0.25, 0.3) is 0 Å². The molecule has 2 saturated carbocycles. The van der Waals surface area contributed by atoms with Crippen molar-refractivity contribution in [1.29, 1.82) is 0 Å². The molecule has 1 aromatic carbocycles. The van der Waals surface area contributed by atoms with Gasteiger partial charge in [-0.05, 0) is 73.0 Å². The van der Waals surface area contributed by atoms with Gasteiger partial charge in [-0.1, -0.05) is 47.6 Å². The Labute approximate surface area is 253 Å². The number of carbonyl (C=O) groups excluding carboxylic acids is 5. The molecule has 0 aliphatic heterocycles. The summed E-state index contributed by atoms with van der Waals surface area (Å²) in [5.74, 6) is -8.79. The van der Waals surface area contributed by atoms with Gasteiger partial charge in [0.1, 0.15) is 17.5 Å². The second-order valence-corrected chi connectivity index (χ2v) is 14.1. The predicted octanol–water partition coefficient (Wildman–Crippen LogP) is 4.16. The molecular weight excluding hydrogens is 552 g/mol. The minimum Gasteiger partial charge on any atom is -0.507 e. The van der Waals surface area contributed by atoms with E-state index in [2.05, 4.69) is 0 Å². The van der Waals surface area contributed by atoms with Gasteiger partial charge < -0.3 is 19.7 Å². The quantitative estimate of drug-likeness (QED) is 0.316. The van der Waals surface area contributed by atoms with Crippen molar-refractivity contribution in [1.82, 2.24) is 0 Å². The SMILES string of the molecule is COC(CCCc1cc(C(C)C)c2c(c1O)C(=O)C1C(=O)[C@@]3(O)C(=O)C(C(C)=O)C(=O)C(C(C)C)[C@@]3(C)C[C@@]1(C)C2)OC. The third kappa shape index (κ3) is 4.73. The first-order valence-electron chi connectivity index (χ1n) is 15.2. The van der Waals surface area contributed by atoms with Gasteiger partial charge in [-0.15, -0.1) is 0 Å². The van der Waals surface area contributed by atoms with E-state index in [4.69, 9.17) is 9.47 Å². The molecule has 2 N–H and O–H groups in total. The average Bonchev–Trinajstić information content (AvgIpc) is 2.89. The first-order chi connectivity index (χ1) is 19.9. The van der Waals surface area contributed by atoms with Crippen LogP contribution in [0.4, 0.5) is 0 Å². The zero-order valence-electron chi connectivity index (χ0n) is 26.8. The summed E-state index contributed by atoms with van der Waals surface area (Å²) in [7, 11) is 3.10. The molecule has 0 aromatic heterocycles. The summed E-state index contributed by atoms with van der Waals surface area (Å²) in [4.78, 5) is 69.0. The molecule has 9 heteroatoms. The Balaban J connectivity index is 1.89. The van der Waals surface area contributed by atoms with Crippen LogP contribution in [0.15, 0.2) is 6.07 Å². The van der Waals surface area contributed by atoms with Crippen LogP contribution in [0, 0.1) is 34.5 Å². The summed E-state index contributed by atoms with van der Waals surface area (Å²) in [6.45, 7) is 12.1. The lowest BCUT2D eigenvalue weighted by Gasteiger charge is -2.62. The number of hydrogen-bond acceptors (Lipinski definition) is 9. The molecule has 0 saturated heterocycles. The summed E-state index contributed by atoms with van der Waals surface area (Å²) >= 11 is 0. The lowest BCUT2D eigenvalue weighted by atomic mass is 9.39. The summed E-state index contributed by atoms with van der Waals surface area (Å²) in [6, 6.07) is 1.93. The second kappa shape index (κ2) is 11.3.